The first kappa shape index (κ1) is 27.3. The summed E-state index contributed by atoms with van der Waals surface area (Å²) in [6, 6.07) is 28.3. The number of rotatable bonds is 9. The van der Waals surface area contributed by atoms with Gasteiger partial charge in [0, 0.05) is 23.3 Å². The molecule has 40 heavy (non-hydrogen) atoms. The Hall–Kier alpha value is -4.32. The molecule has 0 atom stereocenters. The van der Waals surface area contributed by atoms with Gasteiger partial charge >= 0.3 is 5.97 Å². The van der Waals surface area contributed by atoms with Gasteiger partial charge in [0.25, 0.3) is 0 Å². The average molecular weight is 569 g/mol. The first-order chi connectivity index (χ1) is 19.4. The van der Waals surface area contributed by atoms with Crippen LogP contribution in [-0.4, -0.2) is 20.6 Å². The Morgan fingerprint density at radius 3 is 2.40 bits per heavy atom. The zero-order chi connectivity index (χ0) is 28.1. The zero-order valence-corrected chi connectivity index (χ0v) is 23.2. The minimum absolute atomic E-state index is 0.254. The Morgan fingerprint density at radius 1 is 0.925 bits per heavy atom. The molecule has 0 saturated heterocycles. The summed E-state index contributed by atoms with van der Waals surface area (Å²) >= 11 is 12.5. The van der Waals surface area contributed by atoms with E-state index in [0.29, 0.717) is 16.7 Å². The van der Waals surface area contributed by atoms with Gasteiger partial charge in [-0.1, -0.05) is 71.7 Å². The number of halogens is 2. The third kappa shape index (κ3) is 6.45. The molecule has 4 aromatic carbocycles. The van der Waals surface area contributed by atoms with Crippen molar-refractivity contribution in [2.24, 2.45) is 0 Å². The first-order valence-electron chi connectivity index (χ1n) is 12.8. The van der Waals surface area contributed by atoms with E-state index >= 15 is 0 Å². The van der Waals surface area contributed by atoms with Crippen LogP contribution in [0.5, 0.6) is 5.75 Å². The fraction of sp³-hybridized carbons (Fsp3) is 0.0909. The molecule has 0 spiro atoms. The number of hydrogen-bond acceptors (Lipinski definition) is 3. The number of imidazole rings is 1. The molecule has 1 heterocycles. The molecule has 0 bridgehead atoms. The second-order valence-corrected chi connectivity index (χ2v) is 10.0. The summed E-state index contributed by atoms with van der Waals surface area (Å²) in [5, 5.41) is 10.2. The van der Waals surface area contributed by atoms with Gasteiger partial charge in [-0.25, -0.2) is 9.78 Å². The SMILES string of the molecule is CCn1cc(-c2ccc(Cl)cc2Cl)nc1C=Cc1cccc(-c2cccc(OCc3ccc(C(=O)O)cc3)c2)c1. The summed E-state index contributed by atoms with van der Waals surface area (Å²) in [6.45, 7) is 3.20. The molecule has 1 N–H and O–H groups in total. The van der Waals surface area contributed by atoms with E-state index in [1.54, 1.807) is 30.3 Å². The maximum atomic E-state index is 11.1. The molecule has 0 radical (unpaired) electrons. The third-order valence-electron chi connectivity index (χ3n) is 6.44. The number of aromatic carboxylic acids is 1. The lowest BCUT2D eigenvalue weighted by atomic mass is 10.0. The third-order valence-corrected chi connectivity index (χ3v) is 6.99. The van der Waals surface area contributed by atoms with Gasteiger partial charge in [0.15, 0.2) is 0 Å². The van der Waals surface area contributed by atoms with Crippen molar-refractivity contribution in [3.63, 3.8) is 0 Å². The van der Waals surface area contributed by atoms with Crippen molar-refractivity contribution < 1.29 is 14.6 Å². The van der Waals surface area contributed by atoms with Crippen LogP contribution in [0.25, 0.3) is 34.5 Å². The van der Waals surface area contributed by atoms with Gasteiger partial charge in [0.1, 0.15) is 18.2 Å². The van der Waals surface area contributed by atoms with Crippen LogP contribution >= 0.6 is 23.2 Å². The van der Waals surface area contributed by atoms with E-state index in [1.807, 2.05) is 60.8 Å². The summed E-state index contributed by atoms with van der Waals surface area (Å²) in [7, 11) is 0. The standard InChI is InChI=1S/C33H26Cl2N2O3/c1-2-37-20-31(29-15-14-27(34)19-30(29)35)36-32(37)16-11-22-5-3-6-25(17-22)26-7-4-8-28(18-26)40-21-23-9-12-24(13-10-23)33(38)39/h3-20H,2,21H2,1H3,(H,38,39). The van der Waals surface area contributed by atoms with Gasteiger partial charge in [0.05, 0.1) is 16.3 Å². The Labute approximate surface area is 242 Å². The summed E-state index contributed by atoms with van der Waals surface area (Å²) in [4.78, 5) is 15.9. The topological polar surface area (TPSA) is 64.4 Å². The first-order valence-corrected chi connectivity index (χ1v) is 13.5. The second-order valence-electron chi connectivity index (χ2n) is 9.17. The van der Waals surface area contributed by atoms with Gasteiger partial charge in [-0.15, -0.1) is 0 Å². The fourth-order valence-electron chi connectivity index (χ4n) is 4.31. The quantitative estimate of drug-likeness (QED) is 0.192. The molecular formula is C33H26Cl2N2O3. The predicted molar refractivity (Wildman–Crippen MR) is 162 cm³/mol. The number of carbonyl (C=O) groups is 1. The lowest BCUT2D eigenvalue weighted by molar-refractivity contribution is 0.0697. The highest BCUT2D eigenvalue weighted by Crippen LogP contribution is 2.30. The van der Waals surface area contributed by atoms with E-state index in [9.17, 15) is 4.79 Å². The van der Waals surface area contributed by atoms with Crippen LogP contribution in [0.3, 0.4) is 0 Å². The van der Waals surface area contributed by atoms with Crippen molar-refractivity contribution in [1.29, 1.82) is 0 Å². The van der Waals surface area contributed by atoms with Crippen LogP contribution in [0.15, 0.2) is 97.2 Å². The molecule has 1 aromatic heterocycles. The van der Waals surface area contributed by atoms with Crippen LogP contribution in [0.2, 0.25) is 10.0 Å². The molecular weight excluding hydrogens is 543 g/mol. The highest BCUT2D eigenvalue weighted by molar-refractivity contribution is 6.36. The maximum absolute atomic E-state index is 11.1. The number of nitrogens with zero attached hydrogens (tertiary/aromatic N) is 2. The minimum Gasteiger partial charge on any atom is -0.489 e. The zero-order valence-electron chi connectivity index (χ0n) is 21.7. The molecule has 0 saturated carbocycles. The average Bonchev–Trinajstić information content (AvgIpc) is 3.38. The number of carboxylic acid groups (broad SMARTS) is 1. The van der Waals surface area contributed by atoms with Crippen LogP contribution in [0.1, 0.15) is 34.2 Å². The van der Waals surface area contributed by atoms with E-state index in [1.165, 1.54) is 0 Å². The van der Waals surface area contributed by atoms with E-state index < -0.39 is 5.97 Å². The molecule has 0 amide bonds. The van der Waals surface area contributed by atoms with Crippen LogP contribution in [0, 0.1) is 0 Å². The van der Waals surface area contributed by atoms with Crippen molar-refractivity contribution in [3.05, 3.63) is 130 Å². The highest BCUT2D eigenvalue weighted by atomic mass is 35.5. The molecule has 5 aromatic rings. The van der Waals surface area contributed by atoms with Crippen molar-refractivity contribution in [2.75, 3.05) is 0 Å². The van der Waals surface area contributed by atoms with Gasteiger partial charge in [0.2, 0.25) is 0 Å². The Balaban J connectivity index is 1.32. The van der Waals surface area contributed by atoms with Crippen molar-refractivity contribution in [3.8, 4) is 28.1 Å². The largest absolute Gasteiger partial charge is 0.489 e. The smallest absolute Gasteiger partial charge is 0.335 e. The van der Waals surface area contributed by atoms with E-state index in [0.717, 1.165) is 51.6 Å². The van der Waals surface area contributed by atoms with Gasteiger partial charge in [-0.2, -0.15) is 0 Å². The number of carboxylic acids is 1. The van der Waals surface area contributed by atoms with Crippen molar-refractivity contribution in [1.82, 2.24) is 9.55 Å². The molecule has 0 aliphatic heterocycles. The maximum Gasteiger partial charge on any atom is 0.335 e. The monoisotopic (exact) mass is 568 g/mol. The molecule has 5 rings (SSSR count). The molecule has 0 fully saturated rings. The number of aryl methyl sites for hydroxylation is 1. The van der Waals surface area contributed by atoms with Crippen molar-refractivity contribution in [2.45, 2.75) is 20.1 Å². The molecule has 5 nitrogen and oxygen atoms in total. The van der Waals surface area contributed by atoms with Gasteiger partial charge in [-0.3, -0.25) is 0 Å². The van der Waals surface area contributed by atoms with E-state index in [4.69, 9.17) is 38.0 Å². The summed E-state index contributed by atoms with van der Waals surface area (Å²) in [5.74, 6) is 0.625. The lowest BCUT2D eigenvalue weighted by Gasteiger charge is -2.09. The van der Waals surface area contributed by atoms with Crippen LogP contribution in [-0.2, 0) is 13.2 Å². The van der Waals surface area contributed by atoms with Crippen LogP contribution < -0.4 is 4.74 Å². The number of ether oxygens (including phenoxy) is 1. The Morgan fingerprint density at radius 2 is 1.68 bits per heavy atom. The minimum atomic E-state index is -0.944. The normalized spacial score (nSPS) is 11.2. The Bertz CT molecular complexity index is 1690. The Kier molecular flexibility index (Phi) is 8.34. The summed E-state index contributed by atoms with van der Waals surface area (Å²) < 4.78 is 8.06. The molecule has 200 valence electrons. The molecule has 0 aliphatic carbocycles. The second kappa shape index (κ2) is 12.2. The molecule has 7 heteroatoms. The van der Waals surface area contributed by atoms with E-state index in [-0.39, 0.29) is 5.56 Å². The number of aromatic nitrogens is 2. The highest BCUT2D eigenvalue weighted by Gasteiger charge is 2.11. The van der Waals surface area contributed by atoms with Gasteiger partial charge in [-0.05, 0) is 83.8 Å². The van der Waals surface area contributed by atoms with E-state index in [2.05, 4.69) is 29.7 Å². The molecule has 0 unspecified atom stereocenters. The lowest BCUT2D eigenvalue weighted by Crippen LogP contribution is -1.99. The van der Waals surface area contributed by atoms with Crippen LogP contribution in [0.4, 0.5) is 0 Å². The molecule has 0 aliphatic rings. The summed E-state index contributed by atoms with van der Waals surface area (Å²) in [5.41, 5.74) is 5.92. The number of benzene rings is 4. The van der Waals surface area contributed by atoms with Crippen molar-refractivity contribution >= 4 is 41.3 Å². The fourth-order valence-corrected chi connectivity index (χ4v) is 4.82. The van der Waals surface area contributed by atoms with Gasteiger partial charge < -0.3 is 14.4 Å². The summed E-state index contributed by atoms with van der Waals surface area (Å²) in [6.07, 6.45) is 6.05. The number of hydrogen-bond donors (Lipinski definition) is 1. The predicted octanol–water partition coefficient (Wildman–Crippen LogP) is 8.99.